The van der Waals surface area contributed by atoms with E-state index in [1.165, 1.54) is 23.2 Å². The summed E-state index contributed by atoms with van der Waals surface area (Å²) in [5.74, 6) is 1.69. The second kappa shape index (κ2) is 8.39. The van der Waals surface area contributed by atoms with Gasteiger partial charge in [0.1, 0.15) is 12.4 Å². The number of likely N-dealkylation sites (tertiary alicyclic amines) is 1. The van der Waals surface area contributed by atoms with Crippen molar-refractivity contribution in [2.45, 2.75) is 33.2 Å². The number of rotatable bonds is 6. The van der Waals surface area contributed by atoms with Gasteiger partial charge in [0.05, 0.1) is 0 Å². The highest BCUT2D eigenvalue weighted by atomic mass is 16.5. The maximum atomic E-state index is 6.07. The molecule has 0 aliphatic carbocycles. The van der Waals surface area contributed by atoms with E-state index >= 15 is 0 Å². The zero-order valence-corrected chi connectivity index (χ0v) is 15.7. The Hall–Kier alpha value is -2.00. The Balaban J connectivity index is 1.45. The zero-order valence-electron chi connectivity index (χ0n) is 15.7. The van der Waals surface area contributed by atoms with E-state index in [1.807, 2.05) is 0 Å². The number of nitrogens with zero attached hydrogens (tertiary/aromatic N) is 1. The van der Waals surface area contributed by atoms with Crippen molar-refractivity contribution in [3.05, 3.63) is 59.7 Å². The second-order valence-corrected chi connectivity index (χ2v) is 7.25. The molecule has 134 valence electrons. The van der Waals surface area contributed by atoms with Crippen LogP contribution in [0.3, 0.4) is 0 Å². The smallest absolute Gasteiger partial charge is 0.125 e. The molecule has 0 amide bonds. The van der Waals surface area contributed by atoms with Crippen LogP contribution in [-0.2, 0) is 0 Å². The third-order valence-electron chi connectivity index (χ3n) is 5.18. The highest BCUT2D eigenvalue weighted by Crippen LogP contribution is 2.23. The molecule has 0 saturated carbocycles. The molecule has 0 radical (unpaired) electrons. The first-order valence-electron chi connectivity index (χ1n) is 9.36. The number of piperidine rings is 1. The van der Waals surface area contributed by atoms with Gasteiger partial charge < -0.3 is 10.1 Å². The summed E-state index contributed by atoms with van der Waals surface area (Å²) in [5.41, 5.74) is 3.67. The van der Waals surface area contributed by atoms with Crippen molar-refractivity contribution in [3.63, 3.8) is 0 Å². The lowest BCUT2D eigenvalue weighted by Crippen LogP contribution is -2.46. The molecule has 2 atom stereocenters. The number of nitrogens with one attached hydrogen (secondary N) is 1. The van der Waals surface area contributed by atoms with Gasteiger partial charge in [-0.15, -0.1) is 0 Å². The Morgan fingerprint density at radius 2 is 1.76 bits per heavy atom. The topological polar surface area (TPSA) is 24.5 Å². The largest absolute Gasteiger partial charge is 0.492 e. The lowest BCUT2D eigenvalue weighted by Gasteiger charge is -2.37. The molecule has 1 N–H and O–H groups in total. The summed E-state index contributed by atoms with van der Waals surface area (Å²) in [6, 6.07) is 17.4. The monoisotopic (exact) mass is 338 g/mol. The van der Waals surface area contributed by atoms with Gasteiger partial charge in [0.2, 0.25) is 0 Å². The van der Waals surface area contributed by atoms with Crippen molar-refractivity contribution in [1.29, 1.82) is 0 Å². The first-order chi connectivity index (χ1) is 12.1. The first-order valence-corrected chi connectivity index (χ1v) is 9.36. The third-order valence-corrected chi connectivity index (χ3v) is 5.18. The number of ether oxygens (including phenoxy) is 1. The van der Waals surface area contributed by atoms with Crippen LogP contribution >= 0.6 is 0 Å². The lowest BCUT2D eigenvalue weighted by atomic mass is 9.93. The third kappa shape index (κ3) is 4.76. The molecule has 25 heavy (non-hydrogen) atoms. The summed E-state index contributed by atoms with van der Waals surface area (Å²) in [6.45, 7) is 10.6. The Kier molecular flexibility index (Phi) is 5.98. The first kappa shape index (κ1) is 17.8. The average Bonchev–Trinajstić information content (AvgIpc) is 2.61. The van der Waals surface area contributed by atoms with Crippen LogP contribution in [0.4, 0.5) is 5.69 Å². The maximum absolute atomic E-state index is 6.07. The molecule has 0 spiro atoms. The minimum Gasteiger partial charge on any atom is -0.492 e. The van der Waals surface area contributed by atoms with E-state index in [2.05, 4.69) is 79.5 Å². The van der Waals surface area contributed by atoms with Crippen molar-refractivity contribution in [2.75, 3.05) is 31.6 Å². The van der Waals surface area contributed by atoms with Crippen molar-refractivity contribution >= 4 is 5.69 Å². The Morgan fingerprint density at radius 3 is 2.44 bits per heavy atom. The Labute approximate surface area is 152 Å². The SMILES string of the molecule is Cc1cccc(C)c1OCCN1CCC(Nc2ccccc2)C(C)C1. The van der Waals surface area contributed by atoms with Crippen LogP contribution in [0, 0.1) is 19.8 Å². The van der Waals surface area contributed by atoms with Crippen LogP contribution in [0.2, 0.25) is 0 Å². The summed E-state index contributed by atoms with van der Waals surface area (Å²) in [4.78, 5) is 2.53. The van der Waals surface area contributed by atoms with Crippen molar-refractivity contribution in [2.24, 2.45) is 5.92 Å². The highest BCUT2D eigenvalue weighted by Gasteiger charge is 2.25. The predicted molar refractivity (Wildman–Crippen MR) is 105 cm³/mol. The lowest BCUT2D eigenvalue weighted by molar-refractivity contribution is 0.144. The summed E-state index contributed by atoms with van der Waals surface area (Å²) in [5, 5.41) is 3.69. The number of hydrogen-bond acceptors (Lipinski definition) is 3. The summed E-state index contributed by atoms with van der Waals surface area (Å²) >= 11 is 0. The van der Waals surface area contributed by atoms with E-state index in [1.54, 1.807) is 0 Å². The van der Waals surface area contributed by atoms with Gasteiger partial charge in [-0.3, -0.25) is 4.90 Å². The van der Waals surface area contributed by atoms with E-state index in [-0.39, 0.29) is 0 Å². The molecule has 0 aromatic heterocycles. The molecule has 2 aromatic rings. The minimum absolute atomic E-state index is 0.554. The summed E-state index contributed by atoms with van der Waals surface area (Å²) < 4.78 is 6.07. The van der Waals surface area contributed by atoms with E-state index in [0.717, 1.165) is 32.0 Å². The van der Waals surface area contributed by atoms with Gasteiger partial charge in [0, 0.05) is 31.4 Å². The summed E-state index contributed by atoms with van der Waals surface area (Å²) in [6.07, 6.45) is 1.18. The normalized spacial score (nSPS) is 21.1. The van der Waals surface area contributed by atoms with Crippen LogP contribution in [0.1, 0.15) is 24.5 Å². The van der Waals surface area contributed by atoms with Gasteiger partial charge >= 0.3 is 0 Å². The number of benzene rings is 2. The number of anilines is 1. The van der Waals surface area contributed by atoms with Crippen molar-refractivity contribution in [3.8, 4) is 5.75 Å². The molecule has 1 fully saturated rings. The van der Waals surface area contributed by atoms with Crippen LogP contribution in [-0.4, -0.2) is 37.2 Å². The number of para-hydroxylation sites is 2. The predicted octanol–water partition coefficient (Wildman–Crippen LogP) is 4.50. The highest BCUT2D eigenvalue weighted by molar-refractivity contribution is 5.43. The molecule has 0 bridgehead atoms. The molecular weight excluding hydrogens is 308 g/mol. The minimum atomic E-state index is 0.554. The number of aryl methyl sites for hydroxylation is 2. The second-order valence-electron chi connectivity index (χ2n) is 7.25. The molecule has 3 rings (SSSR count). The molecule has 1 heterocycles. The van der Waals surface area contributed by atoms with Crippen LogP contribution in [0.15, 0.2) is 48.5 Å². The molecule has 2 aromatic carbocycles. The molecular formula is C22H30N2O. The standard InChI is InChI=1S/C22H30N2O/c1-17-8-7-9-18(2)22(17)25-15-14-24-13-12-21(19(3)16-24)23-20-10-5-4-6-11-20/h4-11,19,21,23H,12-16H2,1-3H3. The molecule has 1 aliphatic heterocycles. The van der Waals surface area contributed by atoms with E-state index in [0.29, 0.717) is 12.0 Å². The van der Waals surface area contributed by atoms with Gasteiger partial charge in [-0.1, -0.05) is 43.3 Å². The van der Waals surface area contributed by atoms with Gasteiger partial charge in [0.15, 0.2) is 0 Å². The van der Waals surface area contributed by atoms with Crippen LogP contribution in [0.25, 0.3) is 0 Å². The van der Waals surface area contributed by atoms with Crippen LogP contribution < -0.4 is 10.1 Å². The van der Waals surface area contributed by atoms with Gasteiger partial charge in [-0.25, -0.2) is 0 Å². The van der Waals surface area contributed by atoms with E-state index in [9.17, 15) is 0 Å². The zero-order chi connectivity index (χ0) is 17.6. The average molecular weight is 338 g/mol. The Bertz CT molecular complexity index is 651. The number of hydrogen-bond donors (Lipinski definition) is 1. The van der Waals surface area contributed by atoms with Crippen molar-refractivity contribution < 1.29 is 4.74 Å². The molecule has 1 saturated heterocycles. The van der Waals surface area contributed by atoms with Gasteiger partial charge in [0.25, 0.3) is 0 Å². The van der Waals surface area contributed by atoms with Gasteiger partial charge in [-0.05, 0) is 49.4 Å². The molecule has 3 heteroatoms. The molecule has 3 nitrogen and oxygen atoms in total. The summed E-state index contributed by atoms with van der Waals surface area (Å²) in [7, 11) is 0. The quantitative estimate of drug-likeness (QED) is 0.839. The van der Waals surface area contributed by atoms with E-state index in [4.69, 9.17) is 4.74 Å². The fraction of sp³-hybridized carbons (Fsp3) is 0.455. The van der Waals surface area contributed by atoms with Crippen LogP contribution in [0.5, 0.6) is 5.75 Å². The van der Waals surface area contributed by atoms with Crippen molar-refractivity contribution in [1.82, 2.24) is 4.90 Å². The maximum Gasteiger partial charge on any atom is 0.125 e. The fourth-order valence-corrected chi connectivity index (χ4v) is 3.70. The molecule has 1 aliphatic rings. The van der Waals surface area contributed by atoms with Gasteiger partial charge in [-0.2, -0.15) is 0 Å². The molecule has 2 unspecified atom stereocenters. The Morgan fingerprint density at radius 1 is 1.04 bits per heavy atom. The van der Waals surface area contributed by atoms with E-state index < -0.39 is 0 Å². The fourth-order valence-electron chi connectivity index (χ4n) is 3.70.